The third-order valence-corrected chi connectivity index (χ3v) is 5.70. The molecule has 2 aromatic carbocycles. The van der Waals surface area contributed by atoms with Crippen LogP contribution in [0.25, 0.3) is 0 Å². The number of ether oxygens (including phenoxy) is 3. The predicted molar refractivity (Wildman–Crippen MR) is 106 cm³/mol. The first-order chi connectivity index (χ1) is 13.9. The maximum Gasteiger partial charge on any atom is 0.238 e. The fraction of sp³-hybridized carbons (Fsp3) is 0.364. The van der Waals surface area contributed by atoms with Gasteiger partial charge in [0.2, 0.25) is 11.8 Å². The average molecular weight is 396 g/mol. The minimum Gasteiger partial charge on any atom is -0.497 e. The molecule has 2 N–H and O–H groups in total. The molecule has 0 unspecified atom stereocenters. The largest absolute Gasteiger partial charge is 0.497 e. The molecule has 4 rings (SSSR count). The van der Waals surface area contributed by atoms with E-state index < -0.39 is 17.6 Å². The number of likely N-dealkylation sites (tertiary alicyclic amines) is 1. The third-order valence-electron chi connectivity index (χ3n) is 5.70. The monoisotopic (exact) mass is 396 g/mol. The Morgan fingerprint density at radius 3 is 2.59 bits per heavy atom. The van der Waals surface area contributed by atoms with Crippen LogP contribution in [0, 0.1) is 5.92 Å². The highest BCUT2D eigenvalue weighted by atomic mass is 16.5. The predicted octanol–water partition coefficient (Wildman–Crippen LogP) is 2.30. The van der Waals surface area contributed by atoms with E-state index in [0.29, 0.717) is 17.9 Å². The van der Waals surface area contributed by atoms with Crippen LogP contribution < -0.4 is 19.9 Å². The fourth-order valence-electron chi connectivity index (χ4n) is 4.31. The molecule has 1 fully saturated rings. The summed E-state index contributed by atoms with van der Waals surface area (Å²) in [6.07, 6.45) is 0.506. The molecule has 2 bridgehead atoms. The summed E-state index contributed by atoms with van der Waals surface area (Å²) in [5, 5.41) is 0. The van der Waals surface area contributed by atoms with Gasteiger partial charge in [0, 0.05) is 12.3 Å². The molecule has 2 aliphatic heterocycles. The molecule has 0 radical (unpaired) electrons. The quantitative estimate of drug-likeness (QED) is 0.757. The van der Waals surface area contributed by atoms with Crippen LogP contribution in [0.3, 0.4) is 0 Å². The lowest BCUT2D eigenvalue weighted by Gasteiger charge is -2.52. The van der Waals surface area contributed by atoms with Crippen molar-refractivity contribution in [2.45, 2.75) is 25.0 Å². The summed E-state index contributed by atoms with van der Waals surface area (Å²) in [6, 6.07) is 14.7. The standard InChI is InChI=1S/C22H24N2O5/c1-22-13-17(16-5-3-4-6-18(16)29-22)19(20(23)25)21(26)24(22)11-12-28-15-9-7-14(27-2)8-10-15/h3-10,17,19H,11-13H2,1-2H3,(H2,23,25)/t17-,19-,22+/m0/s1. The number of nitrogens with two attached hydrogens (primary N) is 1. The number of benzene rings is 2. The van der Waals surface area contributed by atoms with Gasteiger partial charge in [-0.25, -0.2) is 0 Å². The highest BCUT2D eigenvalue weighted by Gasteiger charge is 2.55. The van der Waals surface area contributed by atoms with E-state index >= 15 is 0 Å². The van der Waals surface area contributed by atoms with E-state index in [-0.39, 0.29) is 25.0 Å². The van der Waals surface area contributed by atoms with Crippen LogP contribution in [0.2, 0.25) is 0 Å². The van der Waals surface area contributed by atoms with Crippen molar-refractivity contribution in [2.24, 2.45) is 11.7 Å². The molecule has 0 aromatic heterocycles. The molecular weight excluding hydrogens is 372 g/mol. The second-order valence-electron chi connectivity index (χ2n) is 7.52. The first kappa shape index (κ1) is 19.1. The first-order valence-corrected chi connectivity index (χ1v) is 9.58. The van der Waals surface area contributed by atoms with Gasteiger partial charge in [-0.3, -0.25) is 9.59 Å². The van der Waals surface area contributed by atoms with Crippen LogP contribution >= 0.6 is 0 Å². The van der Waals surface area contributed by atoms with E-state index in [1.54, 1.807) is 36.3 Å². The Morgan fingerprint density at radius 1 is 1.21 bits per heavy atom. The van der Waals surface area contributed by atoms with Crippen molar-refractivity contribution in [3.05, 3.63) is 54.1 Å². The van der Waals surface area contributed by atoms with Crippen LogP contribution in [0.5, 0.6) is 17.2 Å². The molecule has 2 aliphatic rings. The van der Waals surface area contributed by atoms with Crippen molar-refractivity contribution in [2.75, 3.05) is 20.3 Å². The number of para-hydroxylation sites is 1. The zero-order chi connectivity index (χ0) is 20.6. The molecule has 2 heterocycles. The van der Waals surface area contributed by atoms with E-state index in [1.165, 1.54) is 0 Å². The first-order valence-electron chi connectivity index (χ1n) is 9.58. The van der Waals surface area contributed by atoms with Crippen molar-refractivity contribution in [3.63, 3.8) is 0 Å². The molecule has 0 aliphatic carbocycles. The van der Waals surface area contributed by atoms with E-state index in [1.807, 2.05) is 31.2 Å². The molecule has 2 aromatic rings. The summed E-state index contributed by atoms with van der Waals surface area (Å²) in [7, 11) is 1.60. The Kier molecular flexibility index (Phi) is 4.82. The SMILES string of the molecule is COc1ccc(OCCN2C(=O)[C@H](C(N)=O)[C@H]3C[C@@]2(C)Oc2ccccc23)cc1. The van der Waals surface area contributed by atoms with Crippen LogP contribution in [-0.4, -0.2) is 42.7 Å². The van der Waals surface area contributed by atoms with Gasteiger partial charge in [-0.15, -0.1) is 0 Å². The highest BCUT2D eigenvalue weighted by molar-refractivity contribution is 6.01. The Labute approximate surface area is 169 Å². The van der Waals surface area contributed by atoms with Crippen LogP contribution in [0.1, 0.15) is 24.8 Å². The Morgan fingerprint density at radius 2 is 1.90 bits per heavy atom. The van der Waals surface area contributed by atoms with Gasteiger partial charge < -0.3 is 24.8 Å². The lowest BCUT2D eigenvalue weighted by Crippen LogP contribution is -2.65. The van der Waals surface area contributed by atoms with Crippen molar-refractivity contribution < 1.29 is 23.8 Å². The summed E-state index contributed by atoms with van der Waals surface area (Å²) in [5.74, 6) is -0.0295. The molecular formula is C22H24N2O5. The second-order valence-corrected chi connectivity index (χ2v) is 7.52. The molecule has 1 saturated heterocycles. The molecule has 29 heavy (non-hydrogen) atoms. The van der Waals surface area contributed by atoms with Crippen molar-refractivity contribution in [1.82, 2.24) is 4.90 Å². The molecule has 0 spiro atoms. The smallest absolute Gasteiger partial charge is 0.238 e. The average Bonchev–Trinajstić information content (AvgIpc) is 2.70. The normalized spacial score (nSPS) is 25.0. The summed E-state index contributed by atoms with van der Waals surface area (Å²) in [6.45, 7) is 2.41. The number of hydrogen-bond acceptors (Lipinski definition) is 5. The molecule has 3 atom stereocenters. The maximum absolute atomic E-state index is 13.2. The number of methoxy groups -OCH3 is 1. The Hall–Kier alpha value is -3.22. The van der Waals surface area contributed by atoms with Gasteiger partial charge in [0.15, 0.2) is 5.72 Å². The van der Waals surface area contributed by atoms with Gasteiger partial charge >= 0.3 is 0 Å². The molecule has 0 saturated carbocycles. The summed E-state index contributed by atoms with van der Waals surface area (Å²) in [5.41, 5.74) is 5.63. The summed E-state index contributed by atoms with van der Waals surface area (Å²) >= 11 is 0. The number of carbonyl (C=O) groups excluding carboxylic acids is 2. The summed E-state index contributed by atoms with van der Waals surface area (Å²) in [4.78, 5) is 26.9. The van der Waals surface area contributed by atoms with E-state index in [0.717, 1.165) is 11.3 Å². The number of rotatable bonds is 6. The van der Waals surface area contributed by atoms with E-state index in [2.05, 4.69) is 0 Å². The van der Waals surface area contributed by atoms with E-state index in [4.69, 9.17) is 19.9 Å². The molecule has 7 heteroatoms. The van der Waals surface area contributed by atoms with Gasteiger partial charge in [-0.1, -0.05) is 18.2 Å². The molecule has 152 valence electrons. The number of nitrogens with zero attached hydrogens (tertiary/aromatic N) is 1. The van der Waals surface area contributed by atoms with Crippen LogP contribution in [-0.2, 0) is 9.59 Å². The number of piperidine rings is 1. The number of fused-ring (bicyclic) bond motifs is 4. The van der Waals surface area contributed by atoms with Gasteiger partial charge in [0.25, 0.3) is 0 Å². The zero-order valence-corrected chi connectivity index (χ0v) is 16.5. The number of hydrogen-bond donors (Lipinski definition) is 1. The van der Waals surface area contributed by atoms with Gasteiger partial charge in [-0.05, 0) is 42.8 Å². The Balaban J connectivity index is 1.55. The molecule has 7 nitrogen and oxygen atoms in total. The van der Waals surface area contributed by atoms with Crippen molar-refractivity contribution >= 4 is 11.8 Å². The zero-order valence-electron chi connectivity index (χ0n) is 16.5. The number of primary amides is 1. The number of carbonyl (C=O) groups is 2. The topological polar surface area (TPSA) is 91.1 Å². The van der Waals surface area contributed by atoms with Crippen LogP contribution in [0.15, 0.2) is 48.5 Å². The summed E-state index contributed by atoms with van der Waals surface area (Å²) < 4.78 is 17.1. The fourth-order valence-corrected chi connectivity index (χ4v) is 4.31. The van der Waals surface area contributed by atoms with Crippen molar-refractivity contribution in [1.29, 1.82) is 0 Å². The van der Waals surface area contributed by atoms with Crippen LogP contribution in [0.4, 0.5) is 0 Å². The van der Waals surface area contributed by atoms with Crippen molar-refractivity contribution in [3.8, 4) is 17.2 Å². The lowest BCUT2D eigenvalue weighted by atomic mass is 9.73. The van der Waals surface area contributed by atoms with Gasteiger partial charge in [-0.2, -0.15) is 0 Å². The highest BCUT2D eigenvalue weighted by Crippen LogP contribution is 2.49. The third kappa shape index (κ3) is 3.37. The number of amides is 2. The Bertz CT molecular complexity index is 929. The molecule has 2 amide bonds. The van der Waals surface area contributed by atoms with E-state index in [9.17, 15) is 9.59 Å². The lowest BCUT2D eigenvalue weighted by molar-refractivity contribution is -0.176. The second kappa shape index (κ2) is 7.31. The minimum absolute atomic E-state index is 0.259. The minimum atomic E-state index is -0.908. The van der Waals surface area contributed by atoms with Gasteiger partial charge in [0.05, 0.1) is 13.7 Å². The maximum atomic E-state index is 13.2. The van der Waals surface area contributed by atoms with Gasteiger partial charge in [0.1, 0.15) is 29.8 Å².